The van der Waals surface area contributed by atoms with Gasteiger partial charge in [-0.3, -0.25) is 4.79 Å². The number of para-hydroxylation sites is 1. The summed E-state index contributed by atoms with van der Waals surface area (Å²) in [6.45, 7) is 0.575. The molecule has 3 aromatic rings. The van der Waals surface area contributed by atoms with Gasteiger partial charge in [0.15, 0.2) is 0 Å². The number of benzene rings is 3. The summed E-state index contributed by atoms with van der Waals surface area (Å²) in [6.07, 6.45) is -2.22. The number of nitrogens with two attached hydrogens (primary N) is 1. The summed E-state index contributed by atoms with van der Waals surface area (Å²) in [7, 11) is -4.05. The Labute approximate surface area is 219 Å². The fourth-order valence-corrected chi connectivity index (χ4v) is 4.60. The van der Waals surface area contributed by atoms with Gasteiger partial charge in [-0.2, -0.15) is 9.11 Å². The quantitative estimate of drug-likeness (QED) is 0.178. The largest absolute Gasteiger partial charge is 0.494 e. The highest BCUT2D eigenvalue weighted by molar-refractivity contribution is 7.89. The number of sulfonamides is 1. The second kappa shape index (κ2) is 13.4. The zero-order valence-electron chi connectivity index (χ0n) is 20.2. The van der Waals surface area contributed by atoms with Gasteiger partial charge in [0, 0.05) is 6.54 Å². The molecule has 5 N–H and O–H groups in total. The third-order valence-corrected chi connectivity index (χ3v) is 6.73. The lowest BCUT2D eigenvalue weighted by molar-refractivity contribution is -0.153. The summed E-state index contributed by atoms with van der Waals surface area (Å²) in [5.74, 6) is -1.89. The van der Waals surface area contributed by atoms with E-state index < -0.39 is 34.3 Å². The van der Waals surface area contributed by atoms with Gasteiger partial charge in [-0.25, -0.2) is 13.2 Å². The summed E-state index contributed by atoms with van der Waals surface area (Å²) in [6, 6.07) is 19.6. The number of hydrogen-bond acceptors (Lipinski definition) is 7. The molecule has 202 valence electrons. The van der Waals surface area contributed by atoms with Gasteiger partial charge < -0.3 is 25.6 Å². The average molecular weight is 546 g/mol. The molecule has 3 rings (SSSR count). The number of nitrogen functional groups attached to an aromatic ring is 1. The van der Waals surface area contributed by atoms with Crippen molar-refractivity contribution in [2.24, 2.45) is 0 Å². The van der Waals surface area contributed by atoms with Gasteiger partial charge in [0.05, 0.1) is 17.2 Å². The van der Waals surface area contributed by atoms with Crippen LogP contribution in [0.4, 0.5) is 10.1 Å². The lowest BCUT2D eigenvalue weighted by Gasteiger charge is -2.19. The highest BCUT2D eigenvalue weighted by atomic mass is 32.2. The van der Waals surface area contributed by atoms with Gasteiger partial charge in [-0.1, -0.05) is 42.5 Å². The third kappa shape index (κ3) is 8.46. The molecule has 0 radical (unpaired) electrons. The minimum Gasteiger partial charge on any atom is -0.494 e. The minimum atomic E-state index is -4.05. The number of carbonyl (C=O) groups is 2. The molecule has 0 saturated carbocycles. The van der Waals surface area contributed by atoms with Crippen molar-refractivity contribution in [3.05, 3.63) is 84.4 Å². The highest BCUT2D eigenvalue weighted by Crippen LogP contribution is 2.25. The lowest BCUT2D eigenvalue weighted by atomic mass is 10.0. The van der Waals surface area contributed by atoms with Crippen LogP contribution in [0.3, 0.4) is 0 Å². The number of carboxylic acid groups (broad SMARTS) is 1. The Kier molecular flexibility index (Phi) is 10.0. The van der Waals surface area contributed by atoms with E-state index >= 15 is 0 Å². The van der Waals surface area contributed by atoms with E-state index in [1.54, 1.807) is 18.2 Å². The Morgan fingerprint density at radius 2 is 1.66 bits per heavy atom. The van der Waals surface area contributed by atoms with Crippen LogP contribution in [0, 0.1) is 0 Å². The first kappa shape index (κ1) is 28.4. The van der Waals surface area contributed by atoms with E-state index in [1.807, 2.05) is 30.3 Å². The van der Waals surface area contributed by atoms with E-state index in [0.717, 1.165) is 0 Å². The van der Waals surface area contributed by atoms with Gasteiger partial charge >= 0.3 is 12.3 Å². The predicted octanol–water partition coefficient (Wildman–Crippen LogP) is 2.50. The molecule has 0 aliphatic rings. The number of amides is 1. The molecule has 0 heterocycles. The lowest BCUT2D eigenvalue weighted by Crippen LogP contribution is -2.48. The molecule has 10 nitrogen and oxygen atoms in total. The van der Waals surface area contributed by atoms with Crippen molar-refractivity contribution >= 4 is 27.6 Å². The third-order valence-electron chi connectivity index (χ3n) is 5.24. The molecule has 1 amide bonds. The molecule has 0 fully saturated rings. The number of carboxylic acids is 1. The first-order chi connectivity index (χ1) is 18.2. The maximum absolute atomic E-state index is 13.4. The van der Waals surface area contributed by atoms with E-state index in [2.05, 4.69) is 14.8 Å². The first-order valence-corrected chi connectivity index (χ1v) is 13.1. The number of carbonyl (C=O) groups excluding carboxylic acids is 1. The van der Waals surface area contributed by atoms with Crippen LogP contribution in [-0.4, -0.2) is 51.0 Å². The second-order valence-electron chi connectivity index (χ2n) is 8.14. The Bertz CT molecular complexity index is 1330. The Hall–Kier alpha value is -4.16. The Morgan fingerprint density at radius 3 is 2.29 bits per heavy atom. The molecule has 38 heavy (non-hydrogen) atoms. The van der Waals surface area contributed by atoms with Crippen LogP contribution in [0.25, 0.3) is 0 Å². The normalized spacial score (nSPS) is 12.8. The molecule has 0 aliphatic heterocycles. The van der Waals surface area contributed by atoms with Crippen molar-refractivity contribution in [2.75, 3.05) is 18.9 Å². The number of halogens is 1. The molecule has 0 bridgehead atoms. The highest BCUT2D eigenvalue weighted by Gasteiger charge is 2.26. The molecule has 0 aliphatic carbocycles. The minimum absolute atomic E-state index is 0.0139. The van der Waals surface area contributed by atoms with Crippen molar-refractivity contribution in [3.63, 3.8) is 0 Å². The van der Waals surface area contributed by atoms with Crippen LogP contribution in [0.15, 0.2) is 83.8 Å². The summed E-state index contributed by atoms with van der Waals surface area (Å²) in [5.41, 5.74) is 6.22. The van der Waals surface area contributed by atoms with Crippen LogP contribution in [0.1, 0.15) is 12.0 Å². The van der Waals surface area contributed by atoms with Crippen molar-refractivity contribution < 1.29 is 37.0 Å². The van der Waals surface area contributed by atoms with Gasteiger partial charge in [0.1, 0.15) is 17.5 Å². The van der Waals surface area contributed by atoms with E-state index in [9.17, 15) is 22.4 Å². The number of aliphatic carboxylic acids is 1. The van der Waals surface area contributed by atoms with Crippen molar-refractivity contribution in [3.8, 4) is 11.5 Å². The summed E-state index contributed by atoms with van der Waals surface area (Å²) < 4.78 is 51.9. The Morgan fingerprint density at radius 1 is 1.00 bits per heavy atom. The maximum atomic E-state index is 13.4. The topological polar surface area (TPSA) is 157 Å². The number of rotatable bonds is 14. The molecule has 0 saturated heterocycles. The molecular formula is C26H28FN3O7S. The van der Waals surface area contributed by atoms with Crippen LogP contribution in [0.5, 0.6) is 11.5 Å². The maximum Gasteiger partial charge on any atom is 0.378 e. The fourth-order valence-electron chi connectivity index (χ4n) is 3.39. The van der Waals surface area contributed by atoms with Crippen LogP contribution in [0.2, 0.25) is 0 Å². The van der Waals surface area contributed by atoms with E-state index in [0.29, 0.717) is 24.3 Å². The van der Waals surface area contributed by atoms with Gasteiger partial charge in [-0.05, 0) is 54.8 Å². The molecule has 0 spiro atoms. The molecule has 2 atom stereocenters. The van der Waals surface area contributed by atoms with E-state index in [4.69, 9.17) is 15.6 Å². The van der Waals surface area contributed by atoms with Crippen LogP contribution in [-0.2, 0) is 26.0 Å². The first-order valence-electron chi connectivity index (χ1n) is 11.6. The monoisotopic (exact) mass is 545 g/mol. The summed E-state index contributed by atoms with van der Waals surface area (Å²) >= 11 is 0. The Balaban J connectivity index is 1.69. The molecular weight excluding hydrogens is 517 g/mol. The van der Waals surface area contributed by atoms with Crippen molar-refractivity contribution in [2.45, 2.75) is 30.1 Å². The molecule has 12 heteroatoms. The smallest absolute Gasteiger partial charge is 0.378 e. The van der Waals surface area contributed by atoms with Crippen LogP contribution < -0.4 is 25.2 Å². The summed E-state index contributed by atoms with van der Waals surface area (Å²) in [4.78, 5) is 23.7. The van der Waals surface area contributed by atoms with Crippen molar-refractivity contribution in [1.82, 2.24) is 10.0 Å². The van der Waals surface area contributed by atoms with Crippen molar-refractivity contribution in [1.29, 1.82) is 0 Å². The average Bonchev–Trinajstić information content (AvgIpc) is 2.90. The van der Waals surface area contributed by atoms with E-state index in [-0.39, 0.29) is 29.3 Å². The fraction of sp³-hybridized carbons (Fsp3) is 0.231. The second-order valence-corrected chi connectivity index (χ2v) is 9.86. The number of hydrogen-bond donors (Lipinski definition) is 4. The van der Waals surface area contributed by atoms with Gasteiger partial charge in [-0.15, -0.1) is 0 Å². The zero-order chi connectivity index (χ0) is 27.5. The predicted molar refractivity (Wildman–Crippen MR) is 138 cm³/mol. The number of nitrogens with one attached hydrogen (secondary N) is 2. The molecule has 3 aromatic carbocycles. The van der Waals surface area contributed by atoms with Gasteiger partial charge in [0.25, 0.3) is 0 Å². The number of anilines is 1. The number of alkyl halides is 1. The molecule has 0 aromatic heterocycles. The van der Waals surface area contributed by atoms with Gasteiger partial charge in [0.2, 0.25) is 15.9 Å². The standard InChI is InChI=1S/C26H28FN3O7S/c27-24(26(32)33)37-23-13-12-18(16-21(23)28)17-22(30-38(34,35)20-10-5-2-6-11-20)25(31)29-14-7-15-36-19-8-3-1-4-9-19/h1-6,8-13,16,22,24,30H,7,14-15,17,28H2,(H,29,31)(H,32,33)/t22-,24?/m0/s1. The zero-order valence-corrected chi connectivity index (χ0v) is 21.1. The molecule has 1 unspecified atom stereocenters. The SMILES string of the molecule is Nc1cc(C[C@H](NS(=O)(=O)c2ccccc2)C(=O)NCCCOc2ccccc2)ccc1OC(F)C(=O)O. The van der Waals surface area contributed by atoms with Crippen LogP contribution >= 0.6 is 0 Å². The number of ether oxygens (including phenoxy) is 2. The van der Waals surface area contributed by atoms with E-state index in [1.165, 1.54) is 30.3 Å². The summed E-state index contributed by atoms with van der Waals surface area (Å²) in [5, 5.41) is 11.4.